The highest BCUT2D eigenvalue weighted by Crippen LogP contribution is 2.24. The molecule has 0 saturated heterocycles. The van der Waals surface area contributed by atoms with Crippen LogP contribution >= 0.6 is 0 Å². The van der Waals surface area contributed by atoms with E-state index in [-0.39, 0.29) is 17.9 Å². The van der Waals surface area contributed by atoms with Crippen LogP contribution in [0.4, 0.5) is 0 Å². The third-order valence-electron chi connectivity index (χ3n) is 3.39. The Balaban J connectivity index is 1.84. The van der Waals surface area contributed by atoms with Crippen LogP contribution in [0.15, 0.2) is 24.3 Å². The first-order chi connectivity index (χ1) is 8.69. The average Bonchev–Trinajstić information content (AvgIpc) is 2.83. The number of benzene rings is 1. The van der Waals surface area contributed by atoms with Crippen molar-refractivity contribution >= 4 is 5.91 Å². The Hall–Kier alpha value is -1.86. The van der Waals surface area contributed by atoms with Crippen molar-refractivity contribution in [3.63, 3.8) is 0 Å². The lowest BCUT2D eigenvalue weighted by atomic mass is 10.1. The Morgan fingerprint density at radius 1 is 1.39 bits per heavy atom. The van der Waals surface area contributed by atoms with E-state index in [1.54, 1.807) is 12.1 Å². The van der Waals surface area contributed by atoms with Gasteiger partial charge in [-0.05, 0) is 37.0 Å². The predicted molar refractivity (Wildman–Crippen MR) is 68.3 cm³/mol. The van der Waals surface area contributed by atoms with Crippen LogP contribution < -0.4 is 11.1 Å². The molecule has 0 radical (unpaired) electrons. The van der Waals surface area contributed by atoms with Crippen LogP contribution in [0.2, 0.25) is 0 Å². The molecule has 1 aromatic rings. The van der Waals surface area contributed by atoms with Gasteiger partial charge in [0.05, 0.1) is 11.6 Å². The molecule has 0 bridgehead atoms. The second-order valence-corrected chi connectivity index (χ2v) is 4.80. The van der Waals surface area contributed by atoms with E-state index < -0.39 is 0 Å². The number of hydrogen-bond acceptors (Lipinski definition) is 3. The van der Waals surface area contributed by atoms with Gasteiger partial charge in [0.25, 0.3) is 0 Å². The van der Waals surface area contributed by atoms with Gasteiger partial charge in [0, 0.05) is 18.5 Å². The monoisotopic (exact) mass is 243 g/mol. The molecule has 1 aliphatic carbocycles. The van der Waals surface area contributed by atoms with Crippen LogP contribution in [0.3, 0.4) is 0 Å². The molecule has 2 rings (SSSR count). The largest absolute Gasteiger partial charge is 0.352 e. The van der Waals surface area contributed by atoms with Gasteiger partial charge in [-0.2, -0.15) is 5.26 Å². The van der Waals surface area contributed by atoms with E-state index >= 15 is 0 Å². The fourth-order valence-electron chi connectivity index (χ4n) is 2.29. The minimum Gasteiger partial charge on any atom is -0.352 e. The predicted octanol–water partition coefficient (Wildman–Crippen LogP) is 1.30. The lowest BCUT2D eigenvalue weighted by Gasteiger charge is -2.10. The maximum atomic E-state index is 11.9. The zero-order valence-electron chi connectivity index (χ0n) is 10.2. The summed E-state index contributed by atoms with van der Waals surface area (Å²) in [6.45, 7) is 0.510. The van der Waals surface area contributed by atoms with Crippen LogP contribution in [-0.4, -0.2) is 11.9 Å². The number of hydrogen-bond donors (Lipinski definition) is 2. The summed E-state index contributed by atoms with van der Waals surface area (Å²) in [7, 11) is 0. The van der Waals surface area contributed by atoms with Gasteiger partial charge in [0.2, 0.25) is 5.91 Å². The molecule has 0 aromatic heterocycles. The van der Waals surface area contributed by atoms with Gasteiger partial charge in [-0.3, -0.25) is 4.79 Å². The van der Waals surface area contributed by atoms with E-state index in [1.807, 2.05) is 12.1 Å². The molecule has 0 spiro atoms. The number of nitrogens with two attached hydrogens (primary N) is 1. The van der Waals surface area contributed by atoms with Crippen LogP contribution in [0.1, 0.15) is 30.4 Å². The molecule has 2 atom stereocenters. The van der Waals surface area contributed by atoms with Crippen LogP contribution in [0.5, 0.6) is 0 Å². The lowest BCUT2D eigenvalue weighted by molar-refractivity contribution is -0.125. The summed E-state index contributed by atoms with van der Waals surface area (Å²) in [6, 6.07) is 9.48. The van der Waals surface area contributed by atoms with Crippen molar-refractivity contribution in [2.75, 3.05) is 0 Å². The zero-order chi connectivity index (χ0) is 13.0. The van der Waals surface area contributed by atoms with Crippen molar-refractivity contribution < 1.29 is 4.79 Å². The summed E-state index contributed by atoms with van der Waals surface area (Å²) >= 11 is 0. The molecule has 4 nitrogen and oxygen atoms in total. The third kappa shape index (κ3) is 3.08. The second kappa shape index (κ2) is 5.65. The SMILES string of the molecule is N#Cc1ccc(CNC(=O)C2CCC(N)C2)cc1. The molecule has 1 amide bonds. The second-order valence-electron chi connectivity index (χ2n) is 4.80. The topological polar surface area (TPSA) is 78.9 Å². The van der Waals surface area contributed by atoms with E-state index in [0.717, 1.165) is 24.8 Å². The summed E-state index contributed by atoms with van der Waals surface area (Å²) in [5.74, 6) is 0.158. The molecule has 3 N–H and O–H groups in total. The summed E-state index contributed by atoms with van der Waals surface area (Å²) in [5, 5.41) is 11.6. The first-order valence-corrected chi connectivity index (χ1v) is 6.21. The number of carbonyl (C=O) groups excluding carboxylic acids is 1. The average molecular weight is 243 g/mol. The highest BCUT2D eigenvalue weighted by atomic mass is 16.1. The summed E-state index contributed by atoms with van der Waals surface area (Å²) < 4.78 is 0. The molecule has 0 aliphatic heterocycles. The standard InChI is InChI=1S/C14H17N3O/c15-8-10-1-3-11(4-2-10)9-17-14(18)12-5-6-13(16)7-12/h1-4,12-13H,5-7,9,16H2,(H,17,18). The van der Waals surface area contributed by atoms with E-state index in [2.05, 4.69) is 11.4 Å². The van der Waals surface area contributed by atoms with Gasteiger partial charge in [0.1, 0.15) is 0 Å². The van der Waals surface area contributed by atoms with Gasteiger partial charge in [-0.15, -0.1) is 0 Å². The molecule has 4 heteroatoms. The number of carbonyl (C=O) groups is 1. The Kier molecular flexibility index (Phi) is 3.96. The van der Waals surface area contributed by atoms with Crippen LogP contribution in [0, 0.1) is 17.2 Å². The van der Waals surface area contributed by atoms with Gasteiger partial charge in [0.15, 0.2) is 0 Å². The third-order valence-corrected chi connectivity index (χ3v) is 3.39. The number of nitriles is 1. The van der Waals surface area contributed by atoms with Crippen molar-refractivity contribution in [2.24, 2.45) is 11.7 Å². The fraction of sp³-hybridized carbons (Fsp3) is 0.429. The fourth-order valence-corrected chi connectivity index (χ4v) is 2.29. The molecular weight excluding hydrogens is 226 g/mol. The molecule has 1 fully saturated rings. The summed E-state index contributed by atoms with van der Waals surface area (Å²) in [5.41, 5.74) is 7.43. The Bertz CT molecular complexity index is 461. The van der Waals surface area contributed by atoms with E-state index in [4.69, 9.17) is 11.0 Å². The van der Waals surface area contributed by atoms with Gasteiger partial charge in [-0.25, -0.2) is 0 Å². The van der Waals surface area contributed by atoms with Crippen LogP contribution in [0.25, 0.3) is 0 Å². The number of nitrogens with one attached hydrogen (secondary N) is 1. The maximum Gasteiger partial charge on any atom is 0.223 e. The molecular formula is C14H17N3O. The molecule has 18 heavy (non-hydrogen) atoms. The Morgan fingerprint density at radius 2 is 2.11 bits per heavy atom. The maximum absolute atomic E-state index is 11.9. The van der Waals surface area contributed by atoms with Crippen molar-refractivity contribution in [1.29, 1.82) is 5.26 Å². The molecule has 2 unspecified atom stereocenters. The van der Waals surface area contributed by atoms with Gasteiger partial charge >= 0.3 is 0 Å². The normalized spacial score (nSPS) is 22.4. The van der Waals surface area contributed by atoms with E-state index in [1.165, 1.54) is 0 Å². The highest BCUT2D eigenvalue weighted by Gasteiger charge is 2.27. The van der Waals surface area contributed by atoms with Gasteiger partial charge in [-0.1, -0.05) is 12.1 Å². The Morgan fingerprint density at radius 3 is 2.67 bits per heavy atom. The van der Waals surface area contributed by atoms with Gasteiger partial charge < -0.3 is 11.1 Å². The highest BCUT2D eigenvalue weighted by molar-refractivity contribution is 5.79. The quantitative estimate of drug-likeness (QED) is 0.839. The number of nitrogens with zero attached hydrogens (tertiary/aromatic N) is 1. The van der Waals surface area contributed by atoms with Crippen molar-refractivity contribution in [1.82, 2.24) is 5.32 Å². The molecule has 1 aromatic carbocycles. The lowest BCUT2D eigenvalue weighted by Crippen LogP contribution is -2.29. The van der Waals surface area contributed by atoms with Crippen molar-refractivity contribution in [3.8, 4) is 6.07 Å². The van der Waals surface area contributed by atoms with Crippen LogP contribution in [-0.2, 0) is 11.3 Å². The summed E-state index contributed by atoms with van der Waals surface area (Å²) in [4.78, 5) is 11.9. The van der Waals surface area contributed by atoms with E-state index in [9.17, 15) is 4.79 Å². The Labute approximate surface area is 107 Å². The molecule has 94 valence electrons. The number of rotatable bonds is 3. The smallest absolute Gasteiger partial charge is 0.223 e. The molecule has 1 saturated carbocycles. The minimum atomic E-state index is 0.0679. The van der Waals surface area contributed by atoms with Crippen molar-refractivity contribution in [2.45, 2.75) is 31.8 Å². The first kappa shape index (κ1) is 12.6. The van der Waals surface area contributed by atoms with Crippen molar-refractivity contribution in [3.05, 3.63) is 35.4 Å². The zero-order valence-corrected chi connectivity index (χ0v) is 10.2. The first-order valence-electron chi connectivity index (χ1n) is 6.21. The molecule has 1 aliphatic rings. The summed E-state index contributed by atoms with van der Waals surface area (Å²) in [6.07, 6.45) is 2.62. The number of amides is 1. The minimum absolute atomic E-state index is 0.0679. The van der Waals surface area contributed by atoms with E-state index in [0.29, 0.717) is 12.1 Å². The molecule has 0 heterocycles.